The van der Waals surface area contributed by atoms with Crippen molar-refractivity contribution in [3.8, 4) is 0 Å². The van der Waals surface area contributed by atoms with Crippen LogP contribution < -0.4 is 5.32 Å². The maximum atomic E-state index is 15.2. The fourth-order valence-electron chi connectivity index (χ4n) is 4.53. The second kappa shape index (κ2) is 10.4. The fraction of sp³-hybridized carbons (Fsp3) is 0.500. The van der Waals surface area contributed by atoms with E-state index in [-0.39, 0.29) is 30.3 Å². The Kier molecular flexibility index (Phi) is 7.92. The molecule has 1 aliphatic carbocycles. The van der Waals surface area contributed by atoms with Gasteiger partial charge in [0.1, 0.15) is 5.82 Å². The van der Waals surface area contributed by atoms with Crippen molar-refractivity contribution in [2.45, 2.75) is 58.8 Å². The van der Waals surface area contributed by atoms with Crippen molar-refractivity contribution in [2.24, 2.45) is 5.92 Å². The van der Waals surface area contributed by atoms with Crippen molar-refractivity contribution in [2.75, 3.05) is 13.2 Å². The molecule has 31 heavy (non-hydrogen) atoms. The Morgan fingerprint density at radius 2 is 1.68 bits per heavy atom. The van der Waals surface area contributed by atoms with E-state index in [0.717, 1.165) is 37.8 Å². The van der Waals surface area contributed by atoms with Gasteiger partial charge in [-0.05, 0) is 51.7 Å². The minimum atomic E-state index is -0.899. The summed E-state index contributed by atoms with van der Waals surface area (Å²) in [4.78, 5) is 26.2. The number of esters is 2. The van der Waals surface area contributed by atoms with E-state index in [2.05, 4.69) is 21.2 Å². The lowest BCUT2D eigenvalue weighted by Crippen LogP contribution is -2.36. The highest BCUT2D eigenvalue weighted by Crippen LogP contribution is 2.44. The highest BCUT2D eigenvalue weighted by atomic mass is 79.9. The van der Waals surface area contributed by atoms with Crippen LogP contribution in [0.3, 0.4) is 0 Å². The van der Waals surface area contributed by atoms with Gasteiger partial charge in [-0.1, -0.05) is 41.3 Å². The number of carbonyl (C=O) groups excluding carboxylic acids is 2. The van der Waals surface area contributed by atoms with Gasteiger partial charge >= 0.3 is 11.9 Å². The molecular formula is C24H29BrFNO4. The number of dihydropyridines is 1. The van der Waals surface area contributed by atoms with Crippen LogP contribution in [0.2, 0.25) is 0 Å². The number of hydrogen-bond acceptors (Lipinski definition) is 5. The lowest BCUT2D eigenvalue weighted by Gasteiger charge is -2.36. The molecule has 0 aromatic heterocycles. The summed E-state index contributed by atoms with van der Waals surface area (Å²) in [5, 5.41) is 3.32. The molecule has 168 valence electrons. The first-order valence-electron chi connectivity index (χ1n) is 10.9. The molecule has 1 aromatic carbocycles. The van der Waals surface area contributed by atoms with Gasteiger partial charge < -0.3 is 14.8 Å². The topological polar surface area (TPSA) is 64.6 Å². The van der Waals surface area contributed by atoms with E-state index in [1.165, 1.54) is 6.07 Å². The first-order chi connectivity index (χ1) is 14.9. The zero-order chi connectivity index (χ0) is 22.5. The number of nitrogens with one attached hydrogen (secondary N) is 1. The molecule has 1 N–H and O–H groups in total. The molecule has 0 amide bonds. The highest BCUT2D eigenvalue weighted by molar-refractivity contribution is 9.10. The average molecular weight is 494 g/mol. The van der Waals surface area contributed by atoms with E-state index in [9.17, 15) is 9.59 Å². The molecule has 3 rings (SSSR count). The van der Waals surface area contributed by atoms with Crippen molar-refractivity contribution in [1.29, 1.82) is 0 Å². The predicted octanol–water partition coefficient (Wildman–Crippen LogP) is 5.51. The predicted molar refractivity (Wildman–Crippen MR) is 120 cm³/mol. The van der Waals surface area contributed by atoms with Crippen LogP contribution in [-0.2, 0) is 19.1 Å². The standard InChI is InChI=1S/C24H29BrFNO4/c1-4-30-23(28)19-14(3)27-22(15-9-7-6-8-10-15)21(24(29)31-5-2)20(19)17-12-11-16(25)13-18(17)26/h11-13,15,20,27H,4-10H2,1-3H3. The highest BCUT2D eigenvalue weighted by Gasteiger charge is 2.41. The molecule has 1 aliphatic heterocycles. The molecule has 1 fully saturated rings. The van der Waals surface area contributed by atoms with E-state index in [1.807, 2.05) is 0 Å². The summed E-state index contributed by atoms with van der Waals surface area (Å²) in [5.41, 5.74) is 2.13. The molecule has 2 aliphatic rings. The molecule has 1 unspecified atom stereocenters. The lowest BCUT2D eigenvalue weighted by atomic mass is 9.75. The smallest absolute Gasteiger partial charge is 0.336 e. The third-order valence-corrected chi connectivity index (χ3v) is 6.36. The van der Waals surface area contributed by atoms with Gasteiger partial charge in [0.2, 0.25) is 0 Å². The molecule has 7 heteroatoms. The Balaban J connectivity index is 2.24. The summed E-state index contributed by atoms with van der Waals surface area (Å²) in [7, 11) is 0. The lowest BCUT2D eigenvalue weighted by molar-refractivity contribution is -0.139. The molecular weight excluding hydrogens is 465 g/mol. The normalized spacial score (nSPS) is 19.8. The molecule has 1 aromatic rings. The van der Waals surface area contributed by atoms with Gasteiger partial charge in [-0.3, -0.25) is 0 Å². The average Bonchev–Trinajstić information content (AvgIpc) is 2.74. The van der Waals surface area contributed by atoms with Crippen molar-refractivity contribution in [3.05, 3.63) is 56.6 Å². The van der Waals surface area contributed by atoms with Crippen LogP contribution >= 0.6 is 15.9 Å². The Labute approximate surface area is 191 Å². The minimum absolute atomic E-state index is 0.132. The van der Waals surface area contributed by atoms with Crippen LogP contribution in [0.4, 0.5) is 4.39 Å². The van der Waals surface area contributed by atoms with E-state index in [4.69, 9.17) is 9.47 Å². The SMILES string of the molecule is CCOC(=O)C1=C(C)NC(C2CCCCC2)=C(C(=O)OCC)C1c1ccc(Br)cc1F. The molecule has 0 radical (unpaired) electrons. The van der Waals surface area contributed by atoms with Crippen molar-refractivity contribution in [1.82, 2.24) is 5.32 Å². The summed E-state index contributed by atoms with van der Waals surface area (Å²) >= 11 is 3.28. The van der Waals surface area contributed by atoms with Crippen molar-refractivity contribution in [3.63, 3.8) is 0 Å². The summed E-state index contributed by atoms with van der Waals surface area (Å²) in [6, 6.07) is 4.67. The third-order valence-electron chi connectivity index (χ3n) is 5.87. The van der Waals surface area contributed by atoms with Crippen LogP contribution in [0.5, 0.6) is 0 Å². The number of allylic oxidation sites excluding steroid dienone is 2. The molecule has 0 spiro atoms. The number of rotatable bonds is 6. The van der Waals surface area contributed by atoms with Crippen LogP contribution in [-0.4, -0.2) is 25.2 Å². The third kappa shape index (κ3) is 5.03. The number of hydrogen-bond donors (Lipinski definition) is 1. The van der Waals surface area contributed by atoms with Gasteiger partial charge in [0.05, 0.1) is 30.3 Å². The zero-order valence-corrected chi connectivity index (χ0v) is 19.8. The molecule has 5 nitrogen and oxygen atoms in total. The van der Waals surface area contributed by atoms with Gasteiger partial charge in [-0.2, -0.15) is 0 Å². The van der Waals surface area contributed by atoms with Crippen molar-refractivity contribution >= 4 is 27.9 Å². The number of benzene rings is 1. The molecule has 0 bridgehead atoms. The van der Waals surface area contributed by atoms with Gasteiger partial charge in [0.25, 0.3) is 0 Å². The van der Waals surface area contributed by atoms with Gasteiger partial charge in [0, 0.05) is 21.4 Å². The summed E-state index contributed by atoms with van der Waals surface area (Å²) < 4.78 is 26.4. The van der Waals surface area contributed by atoms with Gasteiger partial charge in [-0.15, -0.1) is 0 Å². The van der Waals surface area contributed by atoms with Crippen LogP contribution in [0, 0.1) is 11.7 Å². The van der Waals surface area contributed by atoms with Crippen LogP contribution in [0.15, 0.2) is 45.2 Å². The minimum Gasteiger partial charge on any atom is -0.463 e. The molecule has 0 saturated heterocycles. The number of halogens is 2. The summed E-state index contributed by atoms with van der Waals surface area (Å²) in [6.45, 7) is 5.60. The van der Waals surface area contributed by atoms with Gasteiger partial charge in [0.15, 0.2) is 0 Å². The van der Waals surface area contributed by atoms with E-state index >= 15 is 4.39 Å². The second-order valence-electron chi connectivity index (χ2n) is 7.87. The first-order valence-corrected chi connectivity index (χ1v) is 11.7. The Morgan fingerprint density at radius 3 is 2.26 bits per heavy atom. The van der Waals surface area contributed by atoms with Crippen LogP contribution in [0.1, 0.15) is 64.4 Å². The first kappa shape index (κ1) is 23.5. The van der Waals surface area contributed by atoms with E-state index in [0.29, 0.717) is 15.7 Å². The maximum absolute atomic E-state index is 15.2. The Morgan fingerprint density at radius 1 is 1.06 bits per heavy atom. The largest absolute Gasteiger partial charge is 0.463 e. The molecule has 1 saturated carbocycles. The fourth-order valence-corrected chi connectivity index (χ4v) is 4.86. The maximum Gasteiger partial charge on any atom is 0.336 e. The monoisotopic (exact) mass is 493 g/mol. The van der Waals surface area contributed by atoms with Crippen LogP contribution in [0.25, 0.3) is 0 Å². The Bertz CT molecular complexity index is 918. The Hall–Kier alpha value is -2.15. The molecule has 1 heterocycles. The second-order valence-corrected chi connectivity index (χ2v) is 8.78. The molecule has 1 atom stereocenters. The summed E-state index contributed by atoms with van der Waals surface area (Å²) in [6.07, 6.45) is 5.16. The van der Waals surface area contributed by atoms with Crippen molar-refractivity contribution < 1.29 is 23.5 Å². The van der Waals surface area contributed by atoms with Gasteiger partial charge in [-0.25, -0.2) is 14.0 Å². The van der Waals surface area contributed by atoms with E-state index in [1.54, 1.807) is 32.9 Å². The zero-order valence-electron chi connectivity index (χ0n) is 18.2. The van der Waals surface area contributed by atoms with E-state index < -0.39 is 23.7 Å². The quantitative estimate of drug-likeness (QED) is 0.529. The summed E-state index contributed by atoms with van der Waals surface area (Å²) in [5.74, 6) is -2.36. The number of carbonyl (C=O) groups is 2. The number of ether oxygens (including phenoxy) is 2.